The van der Waals surface area contributed by atoms with Crippen LogP contribution in [0.4, 0.5) is 0 Å². The molecule has 0 aliphatic heterocycles. The first kappa shape index (κ1) is 55.3. The Morgan fingerprint density at radius 3 is 1.60 bits per heavy atom. The molecular formula is C52H91NO5. The topological polar surface area (TPSA) is 95.9 Å². The molecule has 58 heavy (non-hydrogen) atoms. The maximum absolute atomic E-state index is 13.2. The Morgan fingerprint density at radius 2 is 1.02 bits per heavy atom. The maximum Gasteiger partial charge on any atom is 0.306 e. The number of hydrogen-bond acceptors (Lipinski definition) is 5. The fourth-order valence-corrected chi connectivity index (χ4v) is 6.97. The van der Waals surface area contributed by atoms with E-state index in [-0.39, 0.29) is 24.9 Å². The van der Waals surface area contributed by atoms with Crippen molar-refractivity contribution >= 4 is 11.9 Å². The van der Waals surface area contributed by atoms with E-state index in [0.29, 0.717) is 19.3 Å². The van der Waals surface area contributed by atoms with Gasteiger partial charge in [-0.1, -0.05) is 203 Å². The third-order valence-electron chi connectivity index (χ3n) is 10.6. The van der Waals surface area contributed by atoms with Crippen molar-refractivity contribution in [3.8, 4) is 0 Å². The van der Waals surface area contributed by atoms with Crippen LogP contribution in [0.3, 0.4) is 0 Å². The summed E-state index contributed by atoms with van der Waals surface area (Å²) < 4.78 is 5.90. The van der Waals surface area contributed by atoms with Crippen LogP contribution in [0.15, 0.2) is 72.9 Å². The summed E-state index contributed by atoms with van der Waals surface area (Å²) in [7, 11) is 0. The van der Waals surface area contributed by atoms with E-state index < -0.39 is 18.2 Å². The number of hydrogen-bond donors (Lipinski definition) is 3. The van der Waals surface area contributed by atoms with Crippen LogP contribution < -0.4 is 5.32 Å². The minimum atomic E-state index is -0.799. The van der Waals surface area contributed by atoms with Crippen molar-refractivity contribution in [3.63, 3.8) is 0 Å². The lowest BCUT2D eigenvalue weighted by atomic mass is 10.0. The first-order valence-electron chi connectivity index (χ1n) is 24.2. The van der Waals surface area contributed by atoms with Gasteiger partial charge in [-0.2, -0.15) is 0 Å². The summed E-state index contributed by atoms with van der Waals surface area (Å²) in [5.41, 5.74) is 0. The van der Waals surface area contributed by atoms with Crippen molar-refractivity contribution in [3.05, 3.63) is 72.9 Å². The zero-order valence-electron chi connectivity index (χ0n) is 37.9. The minimum absolute atomic E-state index is 0.0512. The Labute approximate surface area is 358 Å². The zero-order chi connectivity index (χ0) is 42.4. The Kier molecular flexibility index (Phi) is 43.3. The molecule has 0 saturated carbocycles. The van der Waals surface area contributed by atoms with Crippen LogP contribution in [0.25, 0.3) is 0 Å². The van der Waals surface area contributed by atoms with E-state index in [1.807, 2.05) is 0 Å². The number of rotatable bonds is 42. The number of amides is 1. The lowest BCUT2D eigenvalue weighted by Crippen LogP contribution is -2.46. The number of unbranched alkanes of at least 4 members (excludes halogenated alkanes) is 20. The number of aliphatic hydroxyl groups is 2. The number of carbonyl (C=O) groups excluding carboxylic acids is 2. The van der Waals surface area contributed by atoms with E-state index in [4.69, 9.17) is 4.74 Å². The largest absolute Gasteiger partial charge is 0.462 e. The molecule has 0 saturated heterocycles. The maximum atomic E-state index is 13.2. The van der Waals surface area contributed by atoms with Gasteiger partial charge in [0, 0.05) is 6.42 Å². The van der Waals surface area contributed by atoms with Crippen LogP contribution in [0, 0.1) is 0 Å². The van der Waals surface area contributed by atoms with Crippen molar-refractivity contribution in [2.24, 2.45) is 0 Å². The summed E-state index contributed by atoms with van der Waals surface area (Å²) in [6.07, 6.45) is 56.7. The monoisotopic (exact) mass is 810 g/mol. The molecule has 0 aromatic carbocycles. The van der Waals surface area contributed by atoms with Gasteiger partial charge in [0.15, 0.2) is 0 Å². The molecule has 0 aliphatic rings. The summed E-state index contributed by atoms with van der Waals surface area (Å²) in [6, 6.07) is -0.715. The van der Waals surface area contributed by atoms with Gasteiger partial charge >= 0.3 is 5.97 Å². The molecule has 0 aromatic heterocycles. The Hall–Kier alpha value is -2.70. The van der Waals surface area contributed by atoms with Gasteiger partial charge in [0.1, 0.15) is 6.10 Å². The minimum Gasteiger partial charge on any atom is -0.462 e. The average Bonchev–Trinajstić information content (AvgIpc) is 3.22. The van der Waals surface area contributed by atoms with Gasteiger partial charge < -0.3 is 20.3 Å². The average molecular weight is 810 g/mol. The molecule has 0 rings (SSSR count). The van der Waals surface area contributed by atoms with E-state index in [9.17, 15) is 19.8 Å². The molecule has 6 heteroatoms. The second-order valence-electron chi connectivity index (χ2n) is 16.2. The Balaban J connectivity index is 4.67. The molecule has 0 radical (unpaired) electrons. The van der Waals surface area contributed by atoms with Gasteiger partial charge in [-0.15, -0.1) is 0 Å². The van der Waals surface area contributed by atoms with E-state index in [0.717, 1.165) is 116 Å². The van der Waals surface area contributed by atoms with Crippen molar-refractivity contribution in [2.45, 2.75) is 238 Å². The van der Waals surface area contributed by atoms with Gasteiger partial charge in [-0.05, 0) is 77.0 Å². The van der Waals surface area contributed by atoms with Crippen LogP contribution in [-0.4, -0.2) is 46.9 Å². The van der Waals surface area contributed by atoms with E-state index in [1.165, 1.54) is 57.8 Å². The van der Waals surface area contributed by atoms with Crippen molar-refractivity contribution in [2.75, 3.05) is 6.61 Å². The van der Waals surface area contributed by atoms with Gasteiger partial charge in [-0.3, -0.25) is 9.59 Å². The molecule has 0 aromatic rings. The quantitative estimate of drug-likeness (QED) is 0.0247. The number of ether oxygens (including phenoxy) is 1. The van der Waals surface area contributed by atoms with E-state index >= 15 is 0 Å². The molecule has 6 nitrogen and oxygen atoms in total. The highest BCUT2D eigenvalue weighted by atomic mass is 16.5. The van der Waals surface area contributed by atoms with Crippen molar-refractivity contribution < 1.29 is 24.5 Å². The molecule has 0 heterocycles. The van der Waals surface area contributed by atoms with E-state index in [1.54, 1.807) is 0 Å². The fourth-order valence-electron chi connectivity index (χ4n) is 6.97. The predicted molar refractivity (Wildman–Crippen MR) is 250 cm³/mol. The van der Waals surface area contributed by atoms with Crippen molar-refractivity contribution in [1.29, 1.82) is 0 Å². The lowest BCUT2D eigenvalue weighted by Gasteiger charge is -2.24. The van der Waals surface area contributed by atoms with E-state index in [2.05, 4.69) is 99.0 Å². The molecule has 3 N–H and O–H groups in total. The third kappa shape index (κ3) is 40.1. The van der Waals surface area contributed by atoms with Crippen LogP contribution in [0.1, 0.15) is 220 Å². The SMILES string of the molecule is CC/C=C/C=C/C=C\CCCCCCCC(=O)OC(CCCCCC/C=C/C/C=C/C/C=C/CC)CC(=O)NC(CO)C(O)CCCCCCCCCCCCCC. The number of esters is 1. The smallest absolute Gasteiger partial charge is 0.306 e. The molecule has 0 spiro atoms. The Bertz CT molecular complexity index is 1090. The van der Waals surface area contributed by atoms with Gasteiger partial charge in [0.25, 0.3) is 0 Å². The van der Waals surface area contributed by atoms with Crippen LogP contribution in [0.2, 0.25) is 0 Å². The molecule has 3 atom stereocenters. The summed E-state index contributed by atoms with van der Waals surface area (Å²) in [6.45, 7) is 6.21. The van der Waals surface area contributed by atoms with Crippen molar-refractivity contribution in [1.82, 2.24) is 5.32 Å². The predicted octanol–water partition coefficient (Wildman–Crippen LogP) is 14.2. The third-order valence-corrected chi connectivity index (χ3v) is 10.6. The van der Waals surface area contributed by atoms with Crippen LogP contribution in [-0.2, 0) is 14.3 Å². The molecule has 334 valence electrons. The lowest BCUT2D eigenvalue weighted by molar-refractivity contribution is -0.151. The number of carbonyl (C=O) groups is 2. The second-order valence-corrected chi connectivity index (χ2v) is 16.2. The zero-order valence-corrected chi connectivity index (χ0v) is 37.9. The van der Waals surface area contributed by atoms with Crippen LogP contribution in [0.5, 0.6) is 0 Å². The normalized spacial score (nSPS) is 13.9. The van der Waals surface area contributed by atoms with Crippen LogP contribution >= 0.6 is 0 Å². The molecule has 1 amide bonds. The highest BCUT2D eigenvalue weighted by Crippen LogP contribution is 2.17. The summed E-state index contributed by atoms with van der Waals surface area (Å²) in [5, 5.41) is 23.7. The summed E-state index contributed by atoms with van der Waals surface area (Å²) >= 11 is 0. The molecule has 0 bridgehead atoms. The molecule has 3 unspecified atom stereocenters. The fraction of sp³-hybridized carbons (Fsp3) is 0.731. The molecular weight excluding hydrogens is 719 g/mol. The summed E-state index contributed by atoms with van der Waals surface area (Å²) in [4.78, 5) is 26.1. The number of nitrogens with one attached hydrogen (secondary N) is 1. The van der Waals surface area contributed by atoms with Gasteiger partial charge in [0.05, 0.1) is 25.2 Å². The highest BCUT2D eigenvalue weighted by Gasteiger charge is 2.24. The summed E-state index contributed by atoms with van der Waals surface area (Å²) in [5.74, 6) is -0.524. The highest BCUT2D eigenvalue weighted by molar-refractivity contribution is 5.77. The first-order chi connectivity index (χ1) is 28.5. The number of allylic oxidation sites excluding steroid dienone is 12. The Morgan fingerprint density at radius 1 is 0.534 bits per heavy atom. The first-order valence-corrected chi connectivity index (χ1v) is 24.2. The second kappa shape index (κ2) is 45.4. The van der Waals surface area contributed by atoms with Gasteiger partial charge in [-0.25, -0.2) is 0 Å². The number of aliphatic hydroxyl groups excluding tert-OH is 2. The molecule has 0 fully saturated rings. The standard InChI is InChI=1S/C52H91NO5/c1-4-7-10-13-16-19-22-25-27-28-31-34-37-40-43-48(58-52(57)45-42-39-36-33-30-26-23-20-17-14-11-8-5-2)46-51(56)53-49(47-54)50(55)44-41-38-35-32-29-24-21-18-15-12-9-6-3/h7-8,10-11,14,16-17,19-20,23,25,27,48-50,54-55H,4-6,9,12-13,15,18,21-22,24,26,28-47H2,1-3H3,(H,53,56)/b10-7+,11-8+,17-14+,19-16+,23-20-,27-25+. The molecule has 0 aliphatic carbocycles. The van der Waals surface area contributed by atoms with Gasteiger partial charge in [0.2, 0.25) is 5.91 Å².